The summed E-state index contributed by atoms with van der Waals surface area (Å²) in [6.07, 6.45) is 7.18. The zero-order chi connectivity index (χ0) is 31.8. The number of aromatic nitrogens is 2. The Bertz CT molecular complexity index is 1490. The number of nitrogens with one attached hydrogen (secondary N) is 2. The Hall–Kier alpha value is -4.48. The third kappa shape index (κ3) is 8.80. The summed E-state index contributed by atoms with van der Waals surface area (Å²) in [4.78, 5) is 41.3. The highest BCUT2D eigenvalue weighted by atomic mass is 16.5. The van der Waals surface area contributed by atoms with E-state index in [1.165, 1.54) is 19.3 Å². The third-order valence-corrected chi connectivity index (χ3v) is 8.07. The number of piperidine rings is 1. The summed E-state index contributed by atoms with van der Waals surface area (Å²) in [6, 6.07) is 15.1. The fraction of sp³-hybridized carbons (Fsp3) is 0.412. The molecule has 11 heteroatoms. The maximum Gasteiger partial charge on any atom is 0.271 e. The second-order valence-electron chi connectivity index (χ2n) is 12.0. The number of hydrogen-bond donors (Lipinski definition) is 3. The number of nitrogens with two attached hydrogens (primary N) is 1. The Morgan fingerprint density at radius 2 is 1.69 bits per heavy atom. The Balaban J connectivity index is 1.30. The summed E-state index contributed by atoms with van der Waals surface area (Å²) in [5.74, 6) is -0.0756. The fourth-order valence-corrected chi connectivity index (χ4v) is 5.48. The number of likely N-dealkylation sites (N-methyl/N-ethyl adjacent to an activating group) is 1. The van der Waals surface area contributed by atoms with Crippen molar-refractivity contribution in [2.45, 2.75) is 39.0 Å². The van der Waals surface area contributed by atoms with Crippen LogP contribution in [0.2, 0.25) is 0 Å². The maximum atomic E-state index is 12.6. The van der Waals surface area contributed by atoms with E-state index in [1.54, 1.807) is 30.3 Å². The van der Waals surface area contributed by atoms with Crippen molar-refractivity contribution in [3.8, 4) is 11.6 Å². The highest BCUT2D eigenvalue weighted by molar-refractivity contribution is 5.99. The van der Waals surface area contributed by atoms with E-state index < -0.39 is 5.91 Å². The molecule has 0 spiro atoms. The molecule has 2 fully saturated rings. The van der Waals surface area contributed by atoms with Gasteiger partial charge in [0.1, 0.15) is 11.4 Å². The van der Waals surface area contributed by atoms with Crippen LogP contribution in [0.1, 0.15) is 55.2 Å². The number of likely N-dealkylation sites (tertiary alicyclic amines) is 1. The standard InChI is InChI=1S/C34H44N8O3/c1-24(2)30-34(45-28-10-7-9-26(23-28)36-29(43)11-8-18-41-16-5-4-6-17-41)39-33(31(38-30)32(35)44)37-25-12-14-27(15-13-25)42-21-19-40(3)20-22-42/h7-15,23-24H,4-6,16-22H2,1-3H3,(H2,35,44)(H,36,43)(H,37,39). The van der Waals surface area contributed by atoms with E-state index in [9.17, 15) is 9.59 Å². The van der Waals surface area contributed by atoms with Crippen molar-refractivity contribution in [2.24, 2.45) is 5.73 Å². The van der Waals surface area contributed by atoms with Crippen molar-refractivity contribution in [3.63, 3.8) is 0 Å². The molecule has 2 aliphatic rings. The summed E-state index contributed by atoms with van der Waals surface area (Å²) in [6.45, 7) is 10.8. The molecule has 11 nitrogen and oxygen atoms in total. The average Bonchev–Trinajstić information content (AvgIpc) is 3.02. The number of rotatable bonds is 11. The van der Waals surface area contributed by atoms with Crippen LogP contribution < -0.4 is 26.0 Å². The molecule has 0 unspecified atom stereocenters. The summed E-state index contributed by atoms with van der Waals surface area (Å²) in [5, 5.41) is 6.12. The molecule has 238 valence electrons. The molecule has 2 amide bonds. The molecule has 3 aromatic rings. The lowest BCUT2D eigenvalue weighted by atomic mass is 10.1. The van der Waals surface area contributed by atoms with Gasteiger partial charge in [0, 0.05) is 67.8 Å². The molecule has 0 bridgehead atoms. The van der Waals surface area contributed by atoms with Crippen molar-refractivity contribution < 1.29 is 14.3 Å². The lowest BCUT2D eigenvalue weighted by Gasteiger charge is -2.34. The molecular formula is C34H44N8O3. The number of carbonyl (C=O) groups excluding carboxylic acids is 2. The quantitative estimate of drug-likeness (QED) is 0.257. The third-order valence-electron chi connectivity index (χ3n) is 8.07. The minimum Gasteiger partial charge on any atom is -0.437 e. The SMILES string of the molecule is CC(C)c1nc(C(N)=O)c(Nc2ccc(N3CCN(C)CC3)cc2)nc1Oc1cccc(NC(=O)C=CCN2CCCCC2)c1. The van der Waals surface area contributed by atoms with Crippen molar-refractivity contribution in [1.82, 2.24) is 19.8 Å². The first kappa shape index (κ1) is 31.9. The van der Waals surface area contributed by atoms with Crippen LogP contribution in [0, 0.1) is 0 Å². The number of amides is 2. The van der Waals surface area contributed by atoms with Crippen LogP contribution in [0.15, 0.2) is 60.7 Å². The van der Waals surface area contributed by atoms with Gasteiger partial charge in [-0.25, -0.2) is 4.98 Å². The Morgan fingerprint density at radius 1 is 0.956 bits per heavy atom. The van der Waals surface area contributed by atoms with Crippen LogP contribution in [-0.4, -0.2) is 84.4 Å². The van der Waals surface area contributed by atoms with Gasteiger partial charge in [-0.15, -0.1) is 0 Å². The molecule has 2 aromatic carbocycles. The molecule has 0 aliphatic carbocycles. The predicted molar refractivity (Wildman–Crippen MR) is 179 cm³/mol. The minimum atomic E-state index is -0.689. The number of benzene rings is 2. The topological polar surface area (TPSA) is 129 Å². The highest BCUT2D eigenvalue weighted by Crippen LogP contribution is 2.32. The smallest absolute Gasteiger partial charge is 0.271 e. The highest BCUT2D eigenvalue weighted by Gasteiger charge is 2.22. The summed E-state index contributed by atoms with van der Waals surface area (Å²) < 4.78 is 6.22. The minimum absolute atomic E-state index is 0.0338. The molecule has 2 aliphatic heterocycles. The van der Waals surface area contributed by atoms with Gasteiger partial charge < -0.3 is 30.9 Å². The van der Waals surface area contributed by atoms with E-state index in [1.807, 2.05) is 44.2 Å². The molecular weight excluding hydrogens is 568 g/mol. The van der Waals surface area contributed by atoms with Gasteiger partial charge in [-0.1, -0.05) is 32.4 Å². The number of piperazine rings is 1. The molecule has 4 N–H and O–H groups in total. The second kappa shape index (κ2) is 15.0. The molecule has 0 atom stereocenters. The van der Waals surface area contributed by atoms with Gasteiger partial charge >= 0.3 is 0 Å². The predicted octanol–water partition coefficient (Wildman–Crippen LogP) is 4.97. The largest absolute Gasteiger partial charge is 0.437 e. The molecule has 1 aromatic heterocycles. The normalized spacial score (nSPS) is 16.2. The lowest BCUT2D eigenvalue weighted by Crippen LogP contribution is -2.44. The van der Waals surface area contributed by atoms with Gasteiger partial charge in [0.25, 0.3) is 5.91 Å². The molecule has 0 radical (unpaired) electrons. The van der Waals surface area contributed by atoms with Crippen LogP contribution in [-0.2, 0) is 4.79 Å². The van der Waals surface area contributed by atoms with Crippen LogP contribution in [0.5, 0.6) is 11.6 Å². The van der Waals surface area contributed by atoms with Crippen LogP contribution in [0.3, 0.4) is 0 Å². The molecule has 3 heterocycles. The van der Waals surface area contributed by atoms with E-state index in [0.717, 1.165) is 57.2 Å². The first-order valence-corrected chi connectivity index (χ1v) is 15.8. The van der Waals surface area contributed by atoms with Gasteiger partial charge in [-0.2, -0.15) is 4.98 Å². The van der Waals surface area contributed by atoms with Gasteiger partial charge in [-0.05, 0) is 69.4 Å². The summed E-state index contributed by atoms with van der Waals surface area (Å²) >= 11 is 0. The van der Waals surface area contributed by atoms with E-state index in [0.29, 0.717) is 17.1 Å². The Labute approximate surface area is 265 Å². The van der Waals surface area contributed by atoms with Crippen molar-refractivity contribution in [1.29, 1.82) is 0 Å². The van der Waals surface area contributed by atoms with E-state index in [-0.39, 0.29) is 29.2 Å². The van der Waals surface area contributed by atoms with Gasteiger partial charge in [-0.3, -0.25) is 14.5 Å². The Kier molecular flexibility index (Phi) is 10.6. The monoisotopic (exact) mass is 612 g/mol. The number of hydrogen-bond acceptors (Lipinski definition) is 9. The maximum absolute atomic E-state index is 12.6. The molecule has 2 saturated heterocycles. The number of carbonyl (C=O) groups is 2. The van der Waals surface area contributed by atoms with Crippen LogP contribution in [0.4, 0.5) is 22.9 Å². The second-order valence-corrected chi connectivity index (χ2v) is 12.0. The summed E-state index contributed by atoms with van der Waals surface area (Å²) in [5.41, 5.74) is 8.73. The van der Waals surface area contributed by atoms with Crippen molar-refractivity contribution in [3.05, 3.63) is 72.1 Å². The van der Waals surface area contributed by atoms with Crippen molar-refractivity contribution >= 4 is 34.7 Å². The van der Waals surface area contributed by atoms with E-state index in [2.05, 4.69) is 42.3 Å². The lowest BCUT2D eigenvalue weighted by molar-refractivity contribution is -0.111. The van der Waals surface area contributed by atoms with Crippen LogP contribution >= 0.6 is 0 Å². The number of primary amides is 1. The van der Waals surface area contributed by atoms with Gasteiger partial charge in [0.15, 0.2) is 11.5 Å². The first-order valence-electron chi connectivity index (χ1n) is 15.8. The first-order chi connectivity index (χ1) is 21.7. The van der Waals surface area contributed by atoms with Gasteiger partial charge in [0.2, 0.25) is 11.8 Å². The van der Waals surface area contributed by atoms with Crippen molar-refractivity contribution in [2.75, 3.05) is 68.4 Å². The molecule has 5 rings (SSSR count). The average molecular weight is 613 g/mol. The molecule has 0 saturated carbocycles. The van der Waals surface area contributed by atoms with E-state index in [4.69, 9.17) is 10.5 Å². The number of ether oxygens (including phenoxy) is 1. The number of anilines is 4. The zero-order valence-corrected chi connectivity index (χ0v) is 26.5. The molecule has 45 heavy (non-hydrogen) atoms. The number of nitrogens with zero attached hydrogens (tertiary/aromatic N) is 5. The van der Waals surface area contributed by atoms with E-state index >= 15 is 0 Å². The summed E-state index contributed by atoms with van der Waals surface area (Å²) in [7, 11) is 2.13. The zero-order valence-electron chi connectivity index (χ0n) is 26.5. The fourth-order valence-electron chi connectivity index (χ4n) is 5.48. The Morgan fingerprint density at radius 3 is 2.38 bits per heavy atom. The van der Waals surface area contributed by atoms with Crippen LogP contribution in [0.25, 0.3) is 0 Å². The van der Waals surface area contributed by atoms with Gasteiger partial charge in [0.05, 0.1) is 0 Å².